The molecule has 0 aliphatic carbocycles. The number of benzene rings is 1. The molecule has 2 saturated heterocycles. The Morgan fingerprint density at radius 2 is 1.63 bits per heavy atom. The molecule has 0 unspecified atom stereocenters. The maximum Gasteiger partial charge on any atom is 0.409 e. The molecule has 0 bridgehead atoms. The van der Waals surface area contributed by atoms with Crippen molar-refractivity contribution in [2.75, 3.05) is 50.8 Å². The van der Waals surface area contributed by atoms with Crippen LogP contribution < -0.4 is 10.2 Å². The van der Waals surface area contributed by atoms with Crippen LogP contribution >= 0.6 is 0 Å². The maximum absolute atomic E-state index is 13.3. The number of carboxylic acids is 1. The Morgan fingerprint density at radius 3 is 2.26 bits per heavy atom. The summed E-state index contributed by atoms with van der Waals surface area (Å²) in [5, 5.41) is 12.0. The second-order valence-corrected chi connectivity index (χ2v) is 9.13. The molecule has 3 heterocycles. The van der Waals surface area contributed by atoms with E-state index in [-0.39, 0.29) is 38.5 Å². The fraction of sp³-hybridized carbons (Fsp3) is 0.462. The number of ether oxygens (including phenoxy) is 1. The normalized spacial score (nSPS) is 16.2. The van der Waals surface area contributed by atoms with Gasteiger partial charge in [-0.25, -0.2) is 14.8 Å². The number of nitrogens with zero attached hydrogens (tertiary/aromatic N) is 5. The molecule has 4 rings (SSSR count). The average molecular weight is 525 g/mol. The molecule has 12 heteroatoms. The smallest absolute Gasteiger partial charge is 0.409 e. The minimum atomic E-state index is -1.29. The number of carbonyl (C=O) groups is 4. The van der Waals surface area contributed by atoms with Crippen molar-refractivity contribution in [2.45, 2.75) is 32.2 Å². The standard InChI is InChI=1S/C26H32N6O6/c1-2-38-26(37)32-14-12-31(13-15-32)25(36)20(17-22(33)34)28-24(35)19-16-21(30-10-6-7-11-30)29-23(27-19)18-8-4-3-5-9-18/h3-5,8-9,16,20H,2,6-7,10-15,17H2,1H3,(H,28,35)(H,33,34)/t20-/m0/s1. The van der Waals surface area contributed by atoms with Crippen LogP contribution in [-0.2, 0) is 14.3 Å². The highest BCUT2D eigenvalue weighted by Crippen LogP contribution is 2.23. The molecule has 2 aliphatic heterocycles. The molecule has 1 aromatic heterocycles. The van der Waals surface area contributed by atoms with E-state index < -0.39 is 36.3 Å². The first-order valence-corrected chi connectivity index (χ1v) is 12.8. The largest absolute Gasteiger partial charge is 0.481 e. The summed E-state index contributed by atoms with van der Waals surface area (Å²) in [7, 11) is 0. The number of anilines is 1. The summed E-state index contributed by atoms with van der Waals surface area (Å²) in [5.41, 5.74) is 0.788. The van der Waals surface area contributed by atoms with Crippen molar-refractivity contribution in [3.63, 3.8) is 0 Å². The van der Waals surface area contributed by atoms with Gasteiger partial charge in [0.25, 0.3) is 5.91 Å². The van der Waals surface area contributed by atoms with Crippen LogP contribution in [0.4, 0.5) is 10.6 Å². The number of aliphatic carboxylic acids is 1. The van der Waals surface area contributed by atoms with Gasteiger partial charge in [0.15, 0.2) is 5.82 Å². The molecule has 3 amide bonds. The molecule has 2 aliphatic rings. The monoisotopic (exact) mass is 524 g/mol. The Kier molecular flexibility index (Phi) is 8.72. The third kappa shape index (κ3) is 6.55. The van der Waals surface area contributed by atoms with Crippen molar-refractivity contribution >= 4 is 29.7 Å². The fourth-order valence-corrected chi connectivity index (χ4v) is 4.53. The van der Waals surface area contributed by atoms with Crippen LogP contribution in [0.2, 0.25) is 0 Å². The summed E-state index contributed by atoms with van der Waals surface area (Å²) in [6.45, 7) is 4.50. The zero-order valence-corrected chi connectivity index (χ0v) is 21.3. The van der Waals surface area contributed by atoms with Gasteiger partial charge in [-0.3, -0.25) is 14.4 Å². The van der Waals surface area contributed by atoms with Gasteiger partial charge in [-0.05, 0) is 19.8 Å². The van der Waals surface area contributed by atoms with Crippen LogP contribution in [0.3, 0.4) is 0 Å². The SMILES string of the molecule is CCOC(=O)N1CCN(C(=O)[C@H](CC(=O)O)NC(=O)c2cc(N3CCCC3)nc(-c3ccccc3)n2)CC1. The molecule has 1 aromatic carbocycles. The minimum Gasteiger partial charge on any atom is -0.481 e. The third-order valence-corrected chi connectivity index (χ3v) is 6.51. The Labute approximate surface area is 220 Å². The number of hydrogen-bond donors (Lipinski definition) is 2. The summed E-state index contributed by atoms with van der Waals surface area (Å²) >= 11 is 0. The second kappa shape index (κ2) is 12.3. The molecular weight excluding hydrogens is 492 g/mol. The van der Waals surface area contributed by atoms with Crippen LogP contribution in [0.5, 0.6) is 0 Å². The van der Waals surface area contributed by atoms with Crippen molar-refractivity contribution in [3.05, 3.63) is 42.1 Å². The predicted molar refractivity (Wildman–Crippen MR) is 138 cm³/mol. The Morgan fingerprint density at radius 1 is 0.974 bits per heavy atom. The topological polar surface area (TPSA) is 145 Å². The van der Waals surface area contributed by atoms with E-state index in [0.29, 0.717) is 11.6 Å². The van der Waals surface area contributed by atoms with Crippen molar-refractivity contribution in [1.29, 1.82) is 0 Å². The molecule has 12 nitrogen and oxygen atoms in total. The number of amides is 3. The number of hydrogen-bond acceptors (Lipinski definition) is 8. The quantitative estimate of drug-likeness (QED) is 0.526. The van der Waals surface area contributed by atoms with E-state index in [2.05, 4.69) is 20.2 Å². The van der Waals surface area contributed by atoms with Gasteiger partial charge >= 0.3 is 12.1 Å². The highest BCUT2D eigenvalue weighted by Gasteiger charge is 2.32. The number of rotatable bonds is 8. The number of piperazine rings is 1. The van der Waals surface area contributed by atoms with Gasteiger partial charge < -0.3 is 29.9 Å². The maximum atomic E-state index is 13.3. The molecule has 2 N–H and O–H groups in total. The first-order valence-electron chi connectivity index (χ1n) is 12.8. The van der Waals surface area contributed by atoms with Gasteiger partial charge in [0.1, 0.15) is 17.6 Å². The lowest BCUT2D eigenvalue weighted by molar-refractivity contribution is -0.143. The van der Waals surface area contributed by atoms with Gasteiger partial charge in [-0.1, -0.05) is 30.3 Å². The van der Waals surface area contributed by atoms with Crippen molar-refractivity contribution < 1.29 is 29.0 Å². The summed E-state index contributed by atoms with van der Waals surface area (Å²) in [4.78, 5) is 64.2. The van der Waals surface area contributed by atoms with Crippen molar-refractivity contribution in [2.24, 2.45) is 0 Å². The van der Waals surface area contributed by atoms with Gasteiger partial charge in [-0.15, -0.1) is 0 Å². The second-order valence-electron chi connectivity index (χ2n) is 9.13. The zero-order chi connectivity index (χ0) is 27.1. The Balaban J connectivity index is 1.52. The lowest BCUT2D eigenvalue weighted by atomic mass is 10.1. The highest BCUT2D eigenvalue weighted by atomic mass is 16.6. The molecule has 0 radical (unpaired) electrons. The van der Waals surface area contributed by atoms with Crippen LogP contribution in [-0.4, -0.2) is 101 Å². The van der Waals surface area contributed by atoms with Crippen LogP contribution in [0.15, 0.2) is 36.4 Å². The molecule has 0 saturated carbocycles. The first kappa shape index (κ1) is 26.8. The zero-order valence-electron chi connectivity index (χ0n) is 21.3. The van der Waals surface area contributed by atoms with E-state index in [1.165, 1.54) is 9.80 Å². The van der Waals surface area contributed by atoms with Crippen LogP contribution in [0.25, 0.3) is 11.4 Å². The van der Waals surface area contributed by atoms with E-state index in [1.807, 2.05) is 30.3 Å². The molecule has 1 atom stereocenters. The molecule has 0 spiro atoms. The van der Waals surface area contributed by atoms with E-state index in [4.69, 9.17) is 4.74 Å². The van der Waals surface area contributed by atoms with Gasteiger partial charge in [-0.2, -0.15) is 0 Å². The van der Waals surface area contributed by atoms with E-state index in [0.717, 1.165) is 31.5 Å². The Bertz CT molecular complexity index is 1160. The minimum absolute atomic E-state index is 0.0519. The third-order valence-electron chi connectivity index (χ3n) is 6.51. The Hall–Kier alpha value is -4.22. The lowest BCUT2D eigenvalue weighted by Crippen LogP contribution is -2.56. The fourth-order valence-electron chi connectivity index (χ4n) is 4.53. The van der Waals surface area contributed by atoms with Crippen LogP contribution in [0.1, 0.15) is 36.7 Å². The van der Waals surface area contributed by atoms with E-state index >= 15 is 0 Å². The summed E-state index contributed by atoms with van der Waals surface area (Å²) < 4.78 is 5.00. The summed E-state index contributed by atoms with van der Waals surface area (Å²) in [6, 6.07) is 9.55. The number of carbonyl (C=O) groups excluding carboxylic acids is 3. The van der Waals surface area contributed by atoms with Crippen molar-refractivity contribution in [1.82, 2.24) is 25.1 Å². The van der Waals surface area contributed by atoms with Gasteiger partial charge in [0.2, 0.25) is 5.91 Å². The first-order chi connectivity index (χ1) is 18.4. The van der Waals surface area contributed by atoms with Gasteiger partial charge in [0, 0.05) is 50.9 Å². The molecule has 202 valence electrons. The van der Waals surface area contributed by atoms with Crippen molar-refractivity contribution in [3.8, 4) is 11.4 Å². The molecule has 38 heavy (non-hydrogen) atoms. The summed E-state index contributed by atoms with van der Waals surface area (Å²) in [5.74, 6) is -1.43. The van der Waals surface area contributed by atoms with E-state index in [1.54, 1.807) is 13.0 Å². The highest BCUT2D eigenvalue weighted by molar-refractivity contribution is 5.98. The number of nitrogens with one attached hydrogen (secondary N) is 1. The van der Waals surface area contributed by atoms with Gasteiger partial charge in [0.05, 0.1) is 13.0 Å². The van der Waals surface area contributed by atoms with E-state index in [9.17, 15) is 24.3 Å². The average Bonchev–Trinajstić information content (AvgIpc) is 3.48. The molecule has 2 fully saturated rings. The predicted octanol–water partition coefficient (Wildman–Crippen LogP) is 1.62. The molecule has 2 aromatic rings. The van der Waals surface area contributed by atoms with Crippen LogP contribution in [0, 0.1) is 0 Å². The number of aromatic nitrogens is 2. The number of carboxylic acid groups (broad SMARTS) is 1. The lowest BCUT2D eigenvalue weighted by Gasteiger charge is -2.35. The summed E-state index contributed by atoms with van der Waals surface area (Å²) in [6.07, 6.45) is 0.996. The molecular formula is C26H32N6O6.